The molecule has 2 N–H and O–H groups in total. The molecule has 29 heavy (non-hydrogen) atoms. The van der Waals surface area contributed by atoms with Gasteiger partial charge >= 0.3 is 6.09 Å². The zero-order valence-corrected chi connectivity index (χ0v) is 20.5. The Balaban J connectivity index is 0.00000420. The second kappa shape index (κ2) is 11.4. The van der Waals surface area contributed by atoms with Crippen molar-refractivity contribution < 1.29 is 14.3 Å². The van der Waals surface area contributed by atoms with Crippen LogP contribution in [-0.4, -0.2) is 59.8 Å². The zero-order valence-electron chi connectivity index (χ0n) is 18.2. The fourth-order valence-corrected chi connectivity index (χ4v) is 2.88. The third-order valence-corrected chi connectivity index (χ3v) is 4.03. The average Bonchev–Trinajstić information content (AvgIpc) is 3.03. The monoisotopic (exact) mass is 519 g/mol. The zero-order chi connectivity index (χ0) is 20.7. The minimum absolute atomic E-state index is 0. The number of carbonyl (C=O) groups excluding carboxylic acids is 1. The summed E-state index contributed by atoms with van der Waals surface area (Å²) in [6, 6.07) is 3.90. The number of hydrogen-bond acceptors (Lipinski definition) is 5. The Labute approximate surface area is 190 Å². The van der Waals surface area contributed by atoms with Gasteiger partial charge in [-0.1, -0.05) is 6.07 Å². The van der Waals surface area contributed by atoms with Gasteiger partial charge in [0.05, 0.1) is 12.1 Å². The summed E-state index contributed by atoms with van der Waals surface area (Å²) in [6.45, 7) is 11.6. The third-order valence-electron chi connectivity index (χ3n) is 4.03. The molecular weight excluding hydrogens is 485 g/mol. The molecule has 0 bridgehead atoms. The number of ether oxygens (including phenoxy) is 2. The van der Waals surface area contributed by atoms with E-state index in [1.807, 2.05) is 46.8 Å². The maximum atomic E-state index is 12.0. The van der Waals surface area contributed by atoms with Crippen molar-refractivity contribution in [2.24, 2.45) is 4.99 Å². The second-order valence-corrected chi connectivity index (χ2v) is 8.15. The number of aromatic nitrogens is 1. The second-order valence-electron chi connectivity index (χ2n) is 8.15. The Morgan fingerprint density at radius 1 is 1.38 bits per heavy atom. The SMILES string of the molecule is CN=C(NCc1ccc(OC(C)C)nc1)N1CCC(NC(=O)OC(C)(C)C)C1.I. The van der Waals surface area contributed by atoms with Gasteiger partial charge in [0.2, 0.25) is 5.88 Å². The molecule has 1 fully saturated rings. The highest BCUT2D eigenvalue weighted by Crippen LogP contribution is 2.13. The highest BCUT2D eigenvalue weighted by molar-refractivity contribution is 14.0. The molecule has 0 spiro atoms. The average molecular weight is 519 g/mol. The number of rotatable bonds is 5. The lowest BCUT2D eigenvalue weighted by molar-refractivity contribution is 0.0507. The van der Waals surface area contributed by atoms with Crippen molar-refractivity contribution in [1.29, 1.82) is 0 Å². The number of aliphatic imine (C=N–C) groups is 1. The van der Waals surface area contributed by atoms with Crippen molar-refractivity contribution in [3.8, 4) is 5.88 Å². The van der Waals surface area contributed by atoms with Crippen molar-refractivity contribution in [3.05, 3.63) is 23.9 Å². The molecule has 1 aromatic rings. The third kappa shape index (κ3) is 9.05. The fraction of sp³-hybridized carbons (Fsp3) is 0.650. The summed E-state index contributed by atoms with van der Waals surface area (Å²) in [5.74, 6) is 1.43. The Morgan fingerprint density at radius 2 is 2.10 bits per heavy atom. The highest BCUT2D eigenvalue weighted by Gasteiger charge is 2.27. The lowest BCUT2D eigenvalue weighted by Crippen LogP contribution is -2.44. The topological polar surface area (TPSA) is 88.1 Å². The van der Waals surface area contributed by atoms with E-state index in [1.165, 1.54) is 0 Å². The molecule has 0 radical (unpaired) electrons. The molecular formula is C20H34IN5O3. The van der Waals surface area contributed by atoms with Crippen LogP contribution in [0, 0.1) is 0 Å². The molecule has 1 aromatic heterocycles. The number of hydrogen-bond donors (Lipinski definition) is 2. The minimum Gasteiger partial charge on any atom is -0.475 e. The minimum atomic E-state index is -0.496. The van der Waals surface area contributed by atoms with Crippen LogP contribution in [0.5, 0.6) is 5.88 Å². The van der Waals surface area contributed by atoms with Crippen LogP contribution in [0.1, 0.15) is 46.6 Å². The van der Waals surface area contributed by atoms with E-state index >= 15 is 0 Å². The van der Waals surface area contributed by atoms with Crippen LogP contribution in [-0.2, 0) is 11.3 Å². The summed E-state index contributed by atoms with van der Waals surface area (Å²) < 4.78 is 10.9. The summed E-state index contributed by atoms with van der Waals surface area (Å²) in [6.07, 6.45) is 2.38. The first-order valence-electron chi connectivity index (χ1n) is 9.73. The van der Waals surface area contributed by atoms with Crippen LogP contribution in [0.25, 0.3) is 0 Å². The van der Waals surface area contributed by atoms with Crippen molar-refractivity contribution in [3.63, 3.8) is 0 Å². The van der Waals surface area contributed by atoms with Crippen molar-refractivity contribution >= 4 is 36.0 Å². The number of halogens is 1. The highest BCUT2D eigenvalue weighted by atomic mass is 127. The van der Waals surface area contributed by atoms with Gasteiger partial charge in [0.15, 0.2) is 5.96 Å². The first kappa shape index (κ1) is 25.3. The van der Waals surface area contributed by atoms with Gasteiger partial charge in [0.1, 0.15) is 5.60 Å². The lowest BCUT2D eigenvalue weighted by atomic mass is 10.2. The van der Waals surface area contributed by atoms with Crippen LogP contribution in [0.3, 0.4) is 0 Å². The summed E-state index contributed by atoms with van der Waals surface area (Å²) in [5.41, 5.74) is 0.545. The van der Waals surface area contributed by atoms with Gasteiger partial charge in [0, 0.05) is 38.9 Å². The molecule has 1 atom stereocenters. The number of alkyl carbamates (subject to hydrolysis) is 1. The molecule has 2 heterocycles. The van der Waals surface area contributed by atoms with Crippen molar-refractivity contribution in [2.45, 2.75) is 65.3 Å². The van der Waals surface area contributed by atoms with Crippen molar-refractivity contribution in [1.82, 2.24) is 20.5 Å². The number of pyridine rings is 1. The van der Waals surface area contributed by atoms with E-state index < -0.39 is 5.60 Å². The van der Waals surface area contributed by atoms with Crippen LogP contribution in [0.15, 0.2) is 23.3 Å². The molecule has 0 aliphatic carbocycles. The van der Waals surface area contributed by atoms with Crippen LogP contribution in [0.2, 0.25) is 0 Å². The summed E-state index contributed by atoms with van der Waals surface area (Å²) in [4.78, 5) is 22.8. The normalized spacial score (nSPS) is 17.0. The molecule has 1 unspecified atom stereocenters. The maximum absolute atomic E-state index is 12.0. The molecule has 1 aliphatic rings. The van der Waals surface area contributed by atoms with E-state index in [4.69, 9.17) is 9.47 Å². The number of nitrogens with zero attached hydrogens (tertiary/aromatic N) is 3. The summed E-state index contributed by atoms with van der Waals surface area (Å²) >= 11 is 0. The molecule has 9 heteroatoms. The number of amides is 1. The molecule has 0 saturated carbocycles. The predicted octanol–water partition coefficient (Wildman–Crippen LogP) is 3.16. The molecule has 1 saturated heterocycles. The summed E-state index contributed by atoms with van der Waals surface area (Å²) in [7, 11) is 1.76. The Kier molecular flexibility index (Phi) is 9.94. The fourth-order valence-electron chi connectivity index (χ4n) is 2.88. The van der Waals surface area contributed by atoms with E-state index in [-0.39, 0.29) is 42.2 Å². The van der Waals surface area contributed by atoms with Gasteiger partial charge < -0.3 is 25.0 Å². The smallest absolute Gasteiger partial charge is 0.407 e. The molecule has 1 aliphatic heterocycles. The largest absolute Gasteiger partial charge is 0.475 e. The molecule has 2 rings (SSSR count). The quantitative estimate of drug-likeness (QED) is 0.353. The number of carbonyl (C=O) groups is 1. The Morgan fingerprint density at radius 3 is 2.66 bits per heavy atom. The van der Waals surface area contributed by atoms with Gasteiger partial charge in [-0.2, -0.15) is 0 Å². The van der Waals surface area contributed by atoms with Gasteiger partial charge in [0.25, 0.3) is 0 Å². The Hall–Kier alpha value is -1.78. The van der Waals surface area contributed by atoms with Crippen LogP contribution >= 0.6 is 24.0 Å². The molecule has 0 aromatic carbocycles. The van der Waals surface area contributed by atoms with Gasteiger partial charge in [-0.25, -0.2) is 9.78 Å². The van der Waals surface area contributed by atoms with E-state index in [0.717, 1.165) is 24.5 Å². The van der Waals surface area contributed by atoms with Crippen LogP contribution < -0.4 is 15.4 Å². The van der Waals surface area contributed by atoms with E-state index in [2.05, 4.69) is 25.5 Å². The van der Waals surface area contributed by atoms with Crippen molar-refractivity contribution in [2.75, 3.05) is 20.1 Å². The number of likely N-dealkylation sites (tertiary alicyclic amines) is 1. The predicted molar refractivity (Wildman–Crippen MR) is 125 cm³/mol. The van der Waals surface area contributed by atoms with Crippen LogP contribution in [0.4, 0.5) is 4.79 Å². The van der Waals surface area contributed by atoms with E-state index in [9.17, 15) is 4.79 Å². The molecule has 8 nitrogen and oxygen atoms in total. The molecule has 164 valence electrons. The first-order valence-corrected chi connectivity index (χ1v) is 9.73. The van der Waals surface area contributed by atoms with Gasteiger partial charge in [-0.3, -0.25) is 4.99 Å². The number of guanidine groups is 1. The standard InChI is InChI=1S/C20H33N5O3.HI/c1-14(2)27-17-8-7-15(11-22-17)12-23-18(21-6)25-10-9-16(13-25)24-19(26)28-20(3,4)5;/h7-8,11,14,16H,9-10,12-13H2,1-6H3,(H,21,23)(H,24,26);1H. The molecule has 1 amide bonds. The van der Waals surface area contributed by atoms with Gasteiger partial charge in [-0.05, 0) is 46.6 Å². The number of nitrogens with one attached hydrogen (secondary N) is 2. The maximum Gasteiger partial charge on any atom is 0.407 e. The Bertz CT molecular complexity index is 674. The lowest BCUT2D eigenvalue weighted by Gasteiger charge is -2.23. The van der Waals surface area contributed by atoms with E-state index in [0.29, 0.717) is 19.0 Å². The first-order chi connectivity index (χ1) is 13.2. The van der Waals surface area contributed by atoms with Gasteiger partial charge in [-0.15, -0.1) is 24.0 Å². The van der Waals surface area contributed by atoms with E-state index in [1.54, 1.807) is 13.2 Å². The summed E-state index contributed by atoms with van der Waals surface area (Å²) in [5, 5.41) is 6.28.